The van der Waals surface area contributed by atoms with Crippen molar-refractivity contribution in [3.05, 3.63) is 60.2 Å². The maximum absolute atomic E-state index is 12.8. The van der Waals surface area contributed by atoms with Gasteiger partial charge in [0.2, 0.25) is 0 Å². The number of hydrogen-bond donors (Lipinski definition) is 1. The van der Waals surface area contributed by atoms with Gasteiger partial charge in [-0.25, -0.2) is 0 Å². The van der Waals surface area contributed by atoms with Gasteiger partial charge in [0.1, 0.15) is 11.5 Å². The van der Waals surface area contributed by atoms with Crippen molar-refractivity contribution in [2.45, 2.75) is 12.1 Å². The van der Waals surface area contributed by atoms with E-state index in [-0.39, 0.29) is 11.3 Å². The lowest BCUT2D eigenvalue weighted by Gasteiger charge is -2.17. The summed E-state index contributed by atoms with van der Waals surface area (Å²) in [5.41, 5.74) is -0.372. The number of benzene rings is 2. The first-order valence-electron chi connectivity index (χ1n) is 6.00. The zero-order chi connectivity index (χ0) is 15.5. The molecule has 1 unspecified atom stereocenters. The molecule has 0 aliphatic carbocycles. The first kappa shape index (κ1) is 14.9. The van der Waals surface area contributed by atoms with Crippen LogP contribution in [0.3, 0.4) is 0 Å². The SMILES string of the molecule is O=C(O)C(c1cccc(Oc2ccccc2)c1)C(F)(F)F. The monoisotopic (exact) mass is 296 g/mol. The van der Waals surface area contributed by atoms with Gasteiger partial charge in [0.05, 0.1) is 0 Å². The second-order valence-corrected chi connectivity index (χ2v) is 4.30. The van der Waals surface area contributed by atoms with Crippen molar-refractivity contribution in [1.82, 2.24) is 0 Å². The minimum absolute atomic E-state index is 0.147. The van der Waals surface area contributed by atoms with Crippen molar-refractivity contribution in [3.63, 3.8) is 0 Å². The molecule has 0 fully saturated rings. The summed E-state index contributed by atoms with van der Waals surface area (Å²) in [4.78, 5) is 10.9. The highest BCUT2D eigenvalue weighted by Gasteiger charge is 2.46. The van der Waals surface area contributed by atoms with Crippen LogP contribution in [0, 0.1) is 0 Å². The van der Waals surface area contributed by atoms with E-state index in [1.54, 1.807) is 30.3 Å². The Labute approximate surface area is 118 Å². The van der Waals surface area contributed by atoms with Crippen LogP contribution in [0.15, 0.2) is 54.6 Å². The lowest BCUT2D eigenvalue weighted by molar-refractivity contribution is -0.176. The number of rotatable bonds is 4. The van der Waals surface area contributed by atoms with Crippen LogP contribution in [0.25, 0.3) is 0 Å². The van der Waals surface area contributed by atoms with Crippen molar-refractivity contribution in [2.24, 2.45) is 0 Å². The van der Waals surface area contributed by atoms with E-state index in [1.807, 2.05) is 0 Å². The lowest BCUT2D eigenvalue weighted by Crippen LogP contribution is -2.28. The average molecular weight is 296 g/mol. The molecule has 0 heterocycles. The molecule has 1 N–H and O–H groups in total. The minimum atomic E-state index is -4.86. The van der Waals surface area contributed by atoms with Crippen LogP contribution in [0.5, 0.6) is 11.5 Å². The number of ether oxygens (including phenoxy) is 1. The molecule has 0 aromatic heterocycles. The first-order chi connectivity index (χ1) is 9.88. The Balaban J connectivity index is 2.30. The Bertz CT molecular complexity index is 624. The van der Waals surface area contributed by atoms with E-state index in [0.29, 0.717) is 5.75 Å². The number of carboxylic acid groups (broad SMARTS) is 1. The molecule has 0 bridgehead atoms. The standard InChI is InChI=1S/C15H11F3O3/c16-15(17,18)13(14(19)20)10-5-4-8-12(9-10)21-11-6-2-1-3-7-11/h1-9,13H,(H,19,20). The predicted octanol–water partition coefficient (Wildman–Crippen LogP) is 4.21. The number of carboxylic acids is 1. The topological polar surface area (TPSA) is 46.5 Å². The molecule has 0 spiro atoms. The van der Waals surface area contributed by atoms with Gasteiger partial charge >= 0.3 is 12.1 Å². The third-order valence-corrected chi connectivity index (χ3v) is 2.74. The van der Waals surface area contributed by atoms with Crippen LogP contribution in [0.2, 0.25) is 0 Å². The van der Waals surface area contributed by atoms with Crippen molar-refractivity contribution in [3.8, 4) is 11.5 Å². The molecule has 6 heteroatoms. The lowest BCUT2D eigenvalue weighted by atomic mass is 9.98. The molecule has 0 saturated heterocycles. The zero-order valence-electron chi connectivity index (χ0n) is 10.7. The van der Waals surface area contributed by atoms with Crippen LogP contribution >= 0.6 is 0 Å². The number of aliphatic carboxylic acids is 1. The second kappa shape index (κ2) is 5.87. The summed E-state index contributed by atoms with van der Waals surface area (Å²) in [5, 5.41) is 8.78. The van der Waals surface area contributed by atoms with Crippen LogP contribution < -0.4 is 4.74 Å². The highest BCUT2D eigenvalue weighted by molar-refractivity contribution is 5.77. The van der Waals surface area contributed by atoms with E-state index in [9.17, 15) is 18.0 Å². The largest absolute Gasteiger partial charge is 0.481 e. The zero-order valence-corrected chi connectivity index (χ0v) is 10.7. The summed E-state index contributed by atoms with van der Waals surface area (Å²) in [7, 11) is 0. The van der Waals surface area contributed by atoms with E-state index < -0.39 is 18.1 Å². The molecule has 2 aromatic rings. The number of carbonyl (C=O) groups is 1. The summed E-state index contributed by atoms with van der Waals surface area (Å²) in [6.45, 7) is 0. The summed E-state index contributed by atoms with van der Waals surface area (Å²) < 4.78 is 43.8. The molecule has 2 aromatic carbocycles. The summed E-state index contributed by atoms with van der Waals surface area (Å²) >= 11 is 0. The summed E-state index contributed by atoms with van der Waals surface area (Å²) in [6.07, 6.45) is -4.86. The van der Waals surface area contributed by atoms with E-state index in [4.69, 9.17) is 9.84 Å². The van der Waals surface area contributed by atoms with E-state index in [1.165, 1.54) is 12.1 Å². The van der Waals surface area contributed by atoms with Gasteiger partial charge in [0.25, 0.3) is 0 Å². The quantitative estimate of drug-likeness (QED) is 0.919. The maximum atomic E-state index is 12.8. The maximum Gasteiger partial charge on any atom is 0.406 e. The number of halogens is 3. The van der Waals surface area contributed by atoms with Crippen molar-refractivity contribution >= 4 is 5.97 Å². The highest BCUT2D eigenvalue weighted by Crippen LogP contribution is 2.36. The predicted molar refractivity (Wildman–Crippen MR) is 69.4 cm³/mol. The third kappa shape index (κ3) is 3.75. The minimum Gasteiger partial charge on any atom is -0.481 e. The number of para-hydroxylation sites is 1. The first-order valence-corrected chi connectivity index (χ1v) is 6.00. The number of hydrogen-bond acceptors (Lipinski definition) is 2. The van der Waals surface area contributed by atoms with E-state index >= 15 is 0 Å². The fourth-order valence-electron chi connectivity index (χ4n) is 1.85. The van der Waals surface area contributed by atoms with Gasteiger partial charge in [0, 0.05) is 0 Å². The molecule has 2 rings (SSSR count). The normalized spacial score (nSPS) is 12.7. The fraction of sp³-hybridized carbons (Fsp3) is 0.133. The Morgan fingerprint density at radius 1 is 1.00 bits per heavy atom. The Morgan fingerprint density at radius 3 is 2.19 bits per heavy atom. The van der Waals surface area contributed by atoms with Gasteiger partial charge < -0.3 is 9.84 Å². The molecule has 0 radical (unpaired) electrons. The van der Waals surface area contributed by atoms with Crippen LogP contribution in [0.4, 0.5) is 13.2 Å². The summed E-state index contributed by atoms with van der Waals surface area (Å²) in [5.74, 6) is -3.92. The van der Waals surface area contributed by atoms with Crippen molar-refractivity contribution in [1.29, 1.82) is 0 Å². The van der Waals surface area contributed by atoms with Gasteiger partial charge in [-0.1, -0.05) is 30.3 Å². The molecule has 1 atom stereocenters. The van der Waals surface area contributed by atoms with Crippen molar-refractivity contribution < 1.29 is 27.8 Å². The molecule has 110 valence electrons. The third-order valence-electron chi connectivity index (χ3n) is 2.74. The Hall–Kier alpha value is -2.50. The molecule has 3 nitrogen and oxygen atoms in total. The second-order valence-electron chi connectivity index (χ2n) is 4.30. The van der Waals surface area contributed by atoms with Crippen LogP contribution in [0.1, 0.15) is 11.5 Å². The highest BCUT2D eigenvalue weighted by atomic mass is 19.4. The van der Waals surface area contributed by atoms with Crippen molar-refractivity contribution in [2.75, 3.05) is 0 Å². The molecule has 21 heavy (non-hydrogen) atoms. The van der Waals surface area contributed by atoms with Gasteiger partial charge in [-0.3, -0.25) is 4.79 Å². The smallest absolute Gasteiger partial charge is 0.406 e. The van der Waals surface area contributed by atoms with E-state index in [2.05, 4.69) is 0 Å². The van der Waals surface area contributed by atoms with Gasteiger partial charge in [0.15, 0.2) is 5.92 Å². The fourth-order valence-corrected chi connectivity index (χ4v) is 1.85. The van der Waals surface area contributed by atoms with Gasteiger partial charge in [-0.15, -0.1) is 0 Å². The van der Waals surface area contributed by atoms with Crippen LogP contribution in [-0.4, -0.2) is 17.3 Å². The van der Waals surface area contributed by atoms with Crippen LogP contribution in [-0.2, 0) is 4.79 Å². The Morgan fingerprint density at radius 2 is 1.62 bits per heavy atom. The Kier molecular flexibility index (Phi) is 4.16. The molecule has 0 amide bonds. The molecule has 0 aliphatic rings. The number of alkyl halides is 3. The van der Waals surface area contributed by atoms with Gasteiger partial charge in [-0.2, -0.15) is 13.2 Å². The summed E-state index contributed by atoms with van der Waals surface area (Å²) in [6, 6.07) is 13.5. The molecule has 0 aliphatic heterocycles. The van der Waals surface area contributed by atoms with E-state index in [0.717, 1.165) is 12.1 Å². The van der Waals surface area contributed by atoms with Gasteiger partial charge in [-0.05, 0) is 29.8 Å². The average Bonchev–Trinajstić information content (AvgIpc) is 2.38. The molecular weight excluding hydrogens is 285 g/mol. The molecule has 0 saturated carbocycles. The molecular formula is C15H11F3O3.